The van der Waals surface area contributed by atoms with Gasteiger partial charge in [0.15, 0.2) is 0 Å². The topological polar surface area (TPSA) is 55.4 Å². The van der Waals surface area contributed by atoms with Crippen LogP contribution in [0.15, 0.2) is 36.4 Å². The minimum Gasteiger partial charge on any atom is -0.495 e. The first kappa shape index (κ1) is 16.0. The monoisotopic (exact) mass is 317 g/mol. The molecule has 2 aromatic carbocycles. The van der Waals surface area contributed by atoms with E-state index in [4.69, 9.17) is 16.3 Å². The van der Waals surface area contributed by atoms with Crippen LogP contribution in [0.3, 0.4) is 0 Å². The van der Waals surface area contributed by atoms with Gasteiger partial charge in [-0.15, -0.1) is 0 Å². The average Bonchev–Trinajstić information content (AvgIpc) is 2.50. The van der Waals surface area contributed by atoms with Crippen molar-refractivity contribution in [3.05, 3.63) is 58.1 Å². The lowest BCUT2D eigenvalue weighted by Crippen LogP contribution is -2.23. The van der Waals surface area contributed by atoms with Gasteiger partial charge >= 0.3 is 0 Å². The van der Waals surface area contributed by atoms with E-state index in [1.54, 1.807) is 43.3 Å². The SMILES string of the molecule is COc1cc(Cl)c(C)cc1NC(=O)C(=O)c1ccc(C)cc1. The van der Waals surface area contributed by atoms with E-state index in [0.717, 1.165) is 11.1 Å². The molecule has 0 fully saturated rings. The Hall–Kier alpha value is -2.33. The van der Waals surface area contributed by atoms with Crippen LogP contribution in [-0.2, 0) is 4.79 Å². The molecule has 2 rings (SSSR count). The van der Waals surface area contributed by atoms with E-state index < -0.39 is 11.7 Å². The van der Waals surface area contributed by atoms with Crippen molar-refractivity contribution in [2.45, 2.75) is 13.8 Å². The van der Waals surface area contributed by atoms with Gasteiger partial charge in [-0.25, -0.2) is 0 Å². The van der Waals surface area contributed by atoms with Crippen LogP contribution in [0.25, 0.3) is 0 Å². The Morgan fingerprint density at radius 1 is 1.09 bits per heavy atom. The minimum absolute atomic E-state index is 0.341. The van der Waals surface area contributed by atoms with Crippen LogP contribution in [0, 0.1) is 13.8 Å². The largest absolute Gasteiger partial charge is 0.495 e. The smallest absolute Gasteiger partial charge is 0.296 e. The fourth-order valence-corrected chi connectivity index (χ4v) is 2.10. The third-order valence-electron chi connectivity index (χ3n) is 3.25. The fourth-order valence-electron chi connectivity index (χ4n) is 1.94. The number of amides is 1. The number of benzene rings is 2. The predicted molar refractivity (Wildman–Crippen MR) is 86.9 cm³/mol. The van der Waals surface area contributed by atoms with E-state index in [9.17, 15) is 9.59 Å². The standard InChI is InChI=1S/C17H16ClNO3/c1-10-4-6-12(7-5-10)16(20)17(21)19-14-8-11(2)13(18)9-15(14)22-3/h4-9H,1-3H3,(H,19,21). The molecule has 0 bridgehead atoms. The van der Waals surface area contributed by atoms with Crippen LogP contribution < -0.4 is 10.1 Å². The Morgan fingerprint density at radius 2 is 1.73 bits per heavy atom. The number of rotatable bonds is 4. The normalized spacial score (nSPS) is 10.2. The molecule has 5 heteroatoms. The molecule has 2 aromatic rings. The third kappa shape index (κ3) is 3.46. The van der Waals surface area contributed by atoms with Crippen molar-refractivity contribution < 1.29 is 14.3 Å². The van der Waals surface area contributed by atoms with E-state index in [1.165, 1.54) is 7.11 Å². The number of methoxy groups -OCH3 is 1. The molecular weight excluding hydrogens is 302 g/mol. The number of carbonyl (C=O) groups excluding carboxylic acids is 2. The van der Waals surface area contributed by atoms with Crippen molar-refractivity contribution in [2.75, 3.05) is 12.4 Å². The van der Waals surface area contributed by atoms with Gasteiger partial charge in [0.25, 0.3) is 11.7 Å². The summed E-state index contributed by atoms with van der Waals surface area (Å²) in [5.74, 6) is -0.917. The zero-order valence-corrected chi connectivity index (χ0v) is 13.3. The van der Waals surface area contributed by atoms with Gasteiger partial charge in [0.05, 0.1) is 12.8 Å². The molecule has 4 nitrogen and oxygen atoms in total. The summed E-state index contributed by atoms with van der Waals surface area (Å²) in [6.07, 6.45) is 0. The molecule has 0 unspecified atom stereocenters. The Labute approximate surface area is 134 Å². The van der Waals surface area contributed by atoms with Gasteiger partial charge in [-0.2, -0.15) is 0 Å². The summed E-state index contributed by atoms with van der Waals surface area (Å²) in [7, 11) is 1.47. The molecule has 0 aliphatic heterocycles. The maximum absolute atomic E-state index is 12.1. The van der Waals surface area contributed by atoms with Crippen LogP contribution in [0.1, 0.15) is 21.5 Å². The molecule has 0 aliphatic carbocycles. The van der Waals surface area contributed by atoms with Crippen LogP contribution in [0.2, 0.25) is 5.02 Å². The Bertz CT molecular complexity index is 723. The summed E-state index contributed by atoms with van der Waals surface area (Å²) in [6, 6.07) is 10.1. The maximum Gasteiger partial charge on any atom is 0.296 e. The molecule has 0 heterocycles. The van der Waals surface area contributed by atoms with Gasteiger partial charge in [0.2, 0.25) is 0 Å². The number of nitrogens with one attached hydrogen (secondary N) is 1. The summed E-state index contributed by atoms with van der Waals surface area (Å²) in [5, 5.41) is 3.10. The first-order chi connectivity index (χ1) is 10.4. The van der Waals surface area contributed by atoms with Crippen molar-refractivity contribution in [3.63, 3.8) is 0 Å². The van der Waals surface area contributed by atoms with E-state index >= 15 is 0 Å². The second-order valence-electron chi connectivity index (χ2n) is 4.95. The Balaban J connectivity index is 2.23. The second kappa shape index (κ2) is 6.62. The fraction of sp³-hybridized carbons (Fsp3) is 0.176. The first-order valence-corrected chi connectivity index (χ1v) is 7.06. The van der Waals surface area contributed by atoms with E-state index in [-0.39, 0.29) is 0 Å². The number of halogens is 1. The Morgan fingerprint density at radius 3 is 2.32 bits per heavy atom. The molecule has 22 heavy (non-hydrogen) atoms. The molecule has 0 atom stereocenters. The number of ether oxygens (including phenoxy) is 1. The summed E-state index contributed by atoms with van der Waals surface area (Å²) >= 11 is 6.01. The summed E-state index contributed by atoms with van der Waals surface area (Å²) < 4.78 is 5.17. The van der Waals surface area contributed by atoms with E-state index in [0.29, 0.717) is 22.0 Å². The number of hydrogen-bond acceptors (Lipinski definition) is 3. The average molecular weight is 318 g/mol. The van der Waals surface area contributed by atoms with Gasteiger partial charge < -0.3 is 10.1 Å². The maximum atomic E-state index is 12.1. The predicted octanol–water partition coefficient (Wildman–Crippen LogP) is 3.79. The lowest BCUT2D eigenvalue weighted by atomic mass is 10.1. The van der Waals surface area contributed by atoms with Crippen molar-refractivity contribution >= 4 is 29.0 Å². The zero-order valence-electron chi connectivity index (χ0n) is 12.6. The molecule has 1 amide bonds. The van der Waals surface area contributed by atoms with Gasteiger partial charge in [0, 0.05) is 16.7 Å². The summed E-state index contributed by atoms with van der Waals surface area (Å²) in [5.41, 5.74) is 2.55. The summed E-state index contributed by atoms with van der Waals surface area (Å²) in [6.45, 7) is 3.72. The van der Waals surface area contributed by atoms with Gasteiger partial charge in [-0.05, 0) is 25.5 Å². The molecule has 0 spiro atoms. The van der Waals surface area contributed by atoms with Crippen LogP contribution in [-0.4, -0.2) is 18.8 Å². The number of anilines is 1. The molecule has 0 aromatic heterocycles. The van der Waals surface area contributed by atoms with Crippen molar-refractivity contribution in [2.24, 2.45) is 0 Å². The highest BCUT2D eigenvalue weighted by Crippen LogP contribution is 2.31. The van der Waals surface area contributed by atoms with Crippen LogP contribution in [0.4, 0.5) is 5.69 Å². The highest BCUT2D eigenvalue weighted by Gasteiger charge is 2.18. The molecule has 114 valence electrons. The molecule has 0 radical (unpaired) electrons. The highest BCUT2D eigenvalue weighted by molar-refractivity contribution is 6.46. The van der Waals surface area contributed by atoms with Gasteiger partial charge in [-0.1, -0.05) is 41.4 Å². The molecular formula is C17H16ClNO3. The third-order valence-corrected chi connectivity index (χ3v) is 3.66. The molecule has 0 saturated carbocycles. The molecule has 0 saturated heterocycles. The number of hydrogen-bond donors (Lipinski definition) is 1. The first-order valence-electron chi connectivity index (χ1n) is 6.69. The zero-order chi connectivity index (χ0) is 16.3. The molecule has 1 N–H and O–H groups in total. The number of aryl methyl sites for hydroxylation is 2. The highest BCUT2D eigenvalue weighted by atomic mass is 35.5. The second-order valence-corrected chi connectivity index (χ2v) is 5.36. The van der Waals surface area contributed by atoms with Crippen molar-refractivity contribution in [1.82, 2.24) is 0 Å². The number of Topliss-reactive ketones (excluding diaryl/α,β-unsaturated/α-hetero) is 1. The minimum atomic E-state index is -0.719. The van der Waals surface area contributed by atoms with E-state index in [2.05, 4.69) is 5.32 Å². The number of carbonyl (C=O) groups is 2. The lowest BCUT2D eigenvalue weighted by molar-refractivity contribution is -0.112. The van der Waals surface area contributed by atoms with Crippen LogP contribution >= 0.6 is 11.6 Å². The van der Waals surface area contributed by atoms with Gasteiger partial charge in [-0.3, -0.25) is 9.59 Å². The summed E-state index contributed by atoms with van der Waals surface area (Å²) in [4.78, 5) is 24.2. The van der Waals surface area contributed by atoms with Crippen molar-refractivity contribution in [3.8, 4) is 5.75 Å². The van der Waals surface area contributed by atoms with Crippen LogP contribution in [0.5, 0.6) is 5.75 Å². The Kier molecular flexibility index (Phi) is 4.83. The lowest BCUT2D eigenvalue weighted by Gasteiger charge is -2.12. The van der Waals surface area contributed by atoms with Crippen molar-refractivity contribution in [1.29, 1.82) is 0 Å². The molecule has 0 aliphatic rings. The number of ketones is 1. The van der Waals surface area contributed by atoms with E-state index in [1.807, 2.05) is 6.92 Å². The van der Waals surface area contributed by atoms with Gasteiger partial charge in [0.1, 0.15) is 5.75 Å². The quantitative estimate of drug-likeness (QED) is 0.689.